The van der Waals surface area contributed by atoms with Gasteiger partial charge in [-0.05, 0) is 54.4 Å². The number of benzene rings is 3. The molecule has 1 aliphatic heterocycles. The number of aromatic nitrogens is 3. The van der Waals surface area contributed by atoms with E-state index in [1.807, 2.05) is 66.4 Å². The summed E-state index contributed by atoms with van der Waals surface area (Å²) in [4.78, 5) is 29.2. The van der Waals surface area contributed by atoms with Gasteiger partial charge in [0.15, 0.2) is 0 Å². The molecule has 9 heteroatoms. The van der Waals surface area contributed by atoms with Gasteiger partial charge in [0, 0.05) is 31.9 Å². The number of halogens is 1. The third-order valence-electron chi connectivity index (χ3n) is 6.93. The van der Waals surface area contributed by atoms with Crippen LogP contribution in [-0.2, 0) is 4.79 Å². The van der Waals surface area contributed by atoms with E-state index < -0.39 is 12.0 Å². The van der Waals surface area contributed by atoms with Crippen molar-refractivity contribution in [3.63, 3.8) is 0 Å². The third kappa shape index (κ3) is 5.03. The first-order valence-electron chi connectivity index (χ1n) is 12.2. The highest BCUT2D eigenvalue weighted by Crippen LogP contribution is 2.25. The first-order chi connectivity index (χ1) is 17.9. The van der Waals surface area contributed by atoms with Gasteiger partial charge in [-0.1, -0.05) is 42.5 Å². The van der Waals surface area contributed by atoms with E-state index in [2.05, 4.69) is 10.00 Å². The third-order valence-corrected chi connectivity index (χ3v) is 6.93. The van der Waals surface area contributed by atoms with Gasteiger partial charge in [-0.3, -0.25) is 9.69 Å². The molecule has 0 amide bonds. The predicted molar refractivity (Wildman–Crippen MR) is 139 cm³/mol. The Kier molecular flexibility index (Phi) is 6.87. The fourth-order valence-electron chi connectivity index (χ4n) is 4.85. The molecule has 0 radical (unpaired) electrons. The van der Waals surface area contributed by atoms with Crippen LogP contribution in [0.1, 0.15) is 30.1 Å². The Morgan fingerprint density at radius 1 is 0.865 bits per heavy atom. The number of hydrogen-bond donors (Lipinski definition) is 1. The summed E-state index contributed by atoms with van der Waals surface area (Å²) in [5, 5.41) is 14.1. The maximum absolute atomic E-state index is 13.3. The molecule has 190 valence electrons. The van der Waals surface area contributed by atoms with Crippen LogP contribution >= 0.6 is 0 Å². The van der Waals surface area contributed by atoms with Crippen molar-refractivity contribution in [3.05, 3.63) is 113 Å². The van der Waals surface area contributed by atoms with Crippen molar-refractivity contribution in [3.8, 4) is 5.69 Å². The average Bonchev–Trinajstić information content (AvgIpc) is 3.31. The summed E-state index contributed by atoms with van der Waals surface area (Å²) in [5.41, 5.74) is 3.00. The van der Waals surface area contributed by atoms with Gasteiger partial charge in [0.2, 0.25) is 0 Å². The topological polar surface area (TPSA) is 83.6 Å². The first-order valence-corrected chi connectivity index (χ1v) is 12.2. The molecule has 2 heterocycles. The lowest BCUT2D eigenvalue weighted by Gasteiger charge is -2.39. The van der Waals surface area contributed by atoms with Gasteiger partial charge in [-0.15, -0.1) is 0 Å². The Morgan fingerprint density at radius 3 is 2.11 bits per heavy atom. The lowest BCUT2D eigenvalue weighted by atomic mass is 10.0. The quantitative estimate of drug-likeness (QED) is 0.416. The standard InChI is InChI=1S/C28H28FN5O3/c1-20(21-7-9-23(29)10-8-21)34-28(37)33(19-30-34)25-13-11-24(12-14-25)31-15-17-32(18-16-31)26(27(35)36)22-5-3-2-4-6-22/h2-14,19-20,26H,15-18H2,1H3,(H,35,36)/t20-,26?/m0/s1. The molecule has 5 rings (SSSR count). The van der Waals surface area contributed by atoms with Crippen molar-refractivity contribution in [1.82, 2.24) is 19.2 Å². The molecule has 3 aromatic carbocycles. The molecule has 1 fully saturated rings. The second kappa shape index (κ2) is 10.4. The normalized spacial score (nSPS) is 15.9. The minimum absolute atomic E-state index is 0.279. The zero-order valence-corrected chi connectivity index (χ0v) is 20.4. The van der Waals surface area contributed by atoms with Crippen LogP contribution in [0, 0.1) is 5.82 Å². The molecule has 8 nitrogen and oxygen atoms in total. The first kappa shape index (κ1) is 24.5. The summed E-state index contributed by atoms with van der Waals surface area (Å²) in [6.07, 6.45) is 1.49. The van der Waals surface area contributed by atoms with Gasteiger partial charge in [-0.2, -0.15) is 5.10 Å². The van der Waals surface area contributed by atoms with E-state index >= 15 is 0 Å². The van der Waals surface area contributed by atoms with Crippen molar-refractivity contribution in [2.45, 2.75) is 19.0 Å². The van der Waals surface area contributed by atoms with Gasteiger partial charge in [-0.25, -0.2) is 18.4 Å². The zero-order valence-electron chi connectivity index (χ0n) is 20.4. The van der Waals surface area contributed by atoms with E-state index in [0.29, 0.717) is 31.9 Å². The lowest BCUT2D eigenvalue weighted by Crippen LogP contribution is -2.49. The second-order valence-electron chi connectivity index (χ2n) is 9.15. The van der Waals surface area contributed by atoms with Crippen LogP contribution in [0.15, 0.2) is 90.0 Å². The minimum atomic E-state index is -0.844. The molecule has 0 bridgehead atoms. The Bertz CT molecular complexity index is 1410. The van der Waals surface area contributed by atoms with Crippen molar-refractivity contribution in [2.75, 3.05) is 31.1 Å². The van der Waals surface area contributed by atoms with E-state index in [0.717, 1.165) is 16.8 Å². The van der Waals surface area contributed by atoms with Crippen molar-refractivity contribution < 1.29 is 14.3 Å². The number of aliphatic carboxylic acids is 1. The molecule has 2 atom stereocenters. The Morgan fingerprint density at radius 2 is 1.49 bits per heavy atom. The van der Waals surface area contributed by atoms with E-state index in [9.17, 15) is 19.1 Å². The summed E-state index contributed by atoms with van der Waals surface area (Å²) < 4.78 is 16.1. The van der Waals surface area contributed by atoms with Crippen LogP contribution in [0.3, 0.4) is 0 Å². The van der Waals surface area contributed by atoms with E-state index in [1.165, 1.54) is 27.7 Å². The predicted octanol–water partition coefficient (Wildman–Crippen LogP) is 3.73. The smallest absolute Gasteiger partial charge is 0.350 e. The summed E-state index contributed by atoms with van der Waals surface area (Å²) in [6, 6.07) is 22.0. The number of carbonyl (C=O) groups is 1. The number of rotatable bonds is 7. The highest BCUT2D eigenvalue weighted by Gasteiger charge is 2.30. The van der Waals surface area contributed by atoms with Crippen LogP contribution < -0.4 is 10.6 Å². The fraction of sp³-hybridized carbons (Fsp3) is 0.250. The monoisotopic (exact) mass is 501 g/mol. The summed E-state index contributed by atoms with van der Waals surface area (Å²) in [7, 11) is 0. The molecule has 0 spiro atoms. The Labute approximate surface area is 213 Å². The van der Waals surface area contributed by atoms with E-state index in [1.54, 1.807) is 12.1 Å². The van der Waals surface area contributed by atoms with E-state index in [-0.39, 0.29) is 17.5 Å². The van der Waals surface area contributed by atoms with Crippen LogP contribution in [0.25, 0.3) is 5.69 Å². The fourth-order valence-corrected chi connectivity index (χ4v) is 4.85. The minimum Gasteiger partial charge on any atom is -0.480 e. The molecule has 1 unspecified atom stereocenters. The van der Waals surface area contributed by atoms with Crippen molar-refractivity contribution in [1.29, 1.82) is 0 Å². The molecule has 1 aliphatic rings. The molecular weight excluding hydrogens is 473 g/mol. The summed E-state index contributed by atoms with van der Waals surface area (Å²) in [6.45, 7) is 4.50. The molecule has 37 heavy (non-hydrogen) atoms. The highest BCUT2D eigenvalue weighted by molar-refractivity contribution is 5.75. The van der Waals surface area contributed by atoms with Gasteiger partial charge in [0.25, 0.3) is 0 Å². The molecule has 1 N–H and O–H groups in total. The molecule has 1 aromatic heterocycles. The van der Waals surface area contributed by atoms with Crippen LogP contribution in [-0.4, -0.2) is 56.5 Å². The molecule has 0 saturated carbocycles. The molecule has 4 aromatic rings. The summed E-state index contributed by atoms with van der Waals surface area (Å²) >= 11 is 0. The van der Waals surface area contributed by atoms with Crippen molar-refractivity contribution >= 4 is 11.7 Å². The number of carboxylic acids is 1. The highest BCUT2D eigenvalue weighted by atomic mass is 19.1. The number of carboxylic acid groups (broad SMARTS) is 1. The second-order valence-corrected chi connectivity index (χ2v) is 9.15. The molecule has 1 saturated heterocycles. The van der Waals surface area contributed by atoms with Crippen LogP contribution in [0.4, 0.5) is 10.1 Å². The average molecular weight is 502 g/mol. The maximum Gasteiger partial charge on any atom is 0.350 e. The SMILES string of the molecule is C[C@@H](c1ccc(F)cc1)n1ncn(-c2ccc(N3CCN(C(C(=O)O)c4ccccc4)CC3)cc2)c1=O. The molecule has 0 aliphatic carbocycles. The largest absolute Gasteiger partial charge is 0.480 e. The van der Waals surface area contributed by atoms with Gasteiger partial charge < -0.3 is 10.0 Å². The lowest BCUT2D eigenvalue weighted by molar-refractivity contribution is -0.143. The number of anilines is 1. The zero-order chi connectivity index (χ0) is 25.9. The number of hydrogen-bond acceptors (Lipinski definition) is 5. The van der Waals surface area contributed by atoms with Crippen LogP contribution in [0.2, 0.25) is 0 Å². The Balaban J connectivity index is 1.27. The number of nitrogens with zero attached hydrogens (tertiary/aromatic N) is 5. The van der Waals surface area contributed by atoms with Gasteiger partial charge >= 0.3 is 11.7 Å². The summed E-state index contributed by atoms with van der Waals surface area (Å²) in [5.74, 6) is -1.17. The van der Waals surface area contributed by atoms with Crippen LogP contribution in [0.5, 0.6) is 0 Å². The molecular formula is C28H28FN5O3. The van der Waals surface area contributed by atoms with Crippen molar-refractivity contribution in [2.24, 2.45) is 0 Å². The Hall–Kier alpha value is -4.24. The number of piperazine rings is 1. The van der Waals surface area contributed by atoms with Gasteiger partial charge in [0.05, 0.1) is 11.7 Å². The van der Waals surface area contributed by atoms with Gasteiger partial charge in [0.1, 0.15) is 18.2 Å². The van der Waals surface area contributed by atoms with E-state index in [4.69, 9.17) is 0 Å². The maximum atomic E-state index is 13.3.